The van der Waals surface area contributed by atoms with Crippen LogP contribution in [0.2, 0.25) is 0 Å². The molecule has 1 fully saturated rings. The third kappa shape index (κ3) is 1.41. The fourth-order valence-electron chi connectivity index (χ4n) is 2.02. The van der Waals surface area contributed by atoms with Crippen LogP contribution in [0.4, 0.5) is 0 Å². The molecule has 16 heavy (non-hydrogen) atoms. The van der Waals surface area contributed by atoms with Crippen LogP contribution in [0.5, 0.6) is 0 Å². The molecule has 2 aromatic heterocycles. The number of thiazole rings is 1. The van der Waals surface area contributed by atoms with Crippen LogP contribution in [0.25, 0.3) is 11.3 Å². The molecule has 0 unspecified atom stereocenters. The van der Waals surface area contributed by atoms with E-state index in [1.165, 1.54) is 28.3 Å². The van der Waals surface area contributed by atoms with Gasteiger partial charge >= 0.3 is 0 Å². The predicted octanol–water partition coefficient (Wildman–Crippen LogP) is 2.44. The average molecular weight is 233 g/mol. The normalized spacial score (nSPS) is 17.6. The second-order valence-electron chi connectivity index (χ2n) is 4.51. The van der Waals surface area contributed by atoms with E-state index in [4.69, 9.17) is 10.7 Å². The number of aryl methyl sites for hydroxylation is 1. The lowest BCUT2D eigenvalue weighted by molar-refractivity contribution is 0.698. The number of nitrogens with two attached hydrogens (primary N) is 1. The zero-order valence-corrected chi connectivity index (χ0v) is 10.1. The molecule has 0 atom stereocenters. The number of nitrogens with one attached hydrogen (secondary N) is 1. The maximum atomic E-state index is 5.84. The Morgan fingerprint density at radius 3 is 2.94 bits per heavy atom. The monoisotopic (exact) mass is 233 g/mol. The lowest BCUT2D eigenvalue weighted by Crippen LogP contribution is -2.19. The quantitative estimate of drug-likeness (QED) is 0.855. The van der Waals surface area contributed by atoms with Gasteiger partial charge in [0.05, 0.1) is 5.69 Å². The largest absolute Gasteiger partial charge is 0.367 e. The third-order valence-corrected chi connectivity index (χ3v) is 4.58. The number of H-pyrrole nitrogens is 1. The fourth-order valence-corrected chi connectivity index (χ4v) is 3.21. The van der Waals surface area contributed by atoms with Gasteiger partial charge in [-0.1, -0.05) is 0 Å². The summed E-state index contributed by atoms with van der Waals surface area (Å²) >= 11 is 1.80. The van der Waals surface area contributed by atoms with Gasteiger partial charge in [-0.3, -0.25) is 0 Å². The number of nitrogens with zero attached hydrogens (tertiary/aromatic N) is 1. The second kappa shape index (κ2) is 3.43. The van der Waals surface area contributed by atoms with Gasteiger partial charge in [-0.15, -0.1) is 11.3 Å². The zero-order chi connectivity index (χ0) is 11.2. The molecule has 1 aliphatic carbocycles. The molecule has 0 spiro atoms. The number of rotatable bonds is 3. The smallest absolute Gasteiger partial charge is 0.101 e. The number of aromatic nitrogens is 2. The Morgan fingerprint density at radius 2 is 2.38 bits per heavy atom. The topological polar surface area (TPSA) is 54.7 Å². The van der Waals surface area contributed by atoms with E-state index in [2.05, 4.69) is 18.0 Å². The van der Waals surface area contributed by atoms with Crippen molar-refractivity contribution in [3.63, 3.8) is 0 Å². The molecule has 1 saturated carbocycles. The van der Waals surface area contributed by atoms with Crippen molar-refractivity contribution in [1.29, 1.82) is 0 Å². The highest BCUT2D eigenvalue weighted by atomic mass is 32.1. The first-order chi connectivity index (χ1) is 7.75. The van der Waals surface area contributed by atoms with Gasteiger partial charge in [-0.05, 0) is 25.8 Å². The molecule has 0 bridgehead atoms. The Morgan fingerprint density at radius 1 is 1.56 bits per heavy atom. The van der Waals surface area contributed by atoms with Crippen molar-refractivity contribution in [2.24, 2.45) is 5.73 Å². The average Bonchev–Trinajstić information content (AvgIpc) is 2.73. The van der Waals surface area contributed by atoms with Crippen molar-refractivity contribution in [2.75, 3.05) is 6.54 Å². The lowest BCUT2D eigenvalue weighted by atomic mass is 10.1. The van der Waals surface area contributed by atoms with Gasteiger partial charge in [0.2, 0.25) is 0 Å². The van der Waals surface area contributed by atoms with Gasteiger partial charge in [0.15, 0.2) is 0 Å². The second-order valence-corrected chi connectivity index (χ2v) is 5.71. The first-order valence-electron chi connectivity index (χ1n) is 5.56. The molecule has 3 rings (SSSR count). The maximum Gasteiger partial charge on any atom is 0.101 e. The van der Waals surface area contributed by atoms with Crippen LogP contribution in [-0.4, -0.2) is 16.5 Å². The number of hydrogen-bond acceptors (Lipinski definition) is 3. The highest BCUT2D eigenvalue weighted by molar-refractivity contribution is 7.12. The van der Waals surface area contributed by atoms with E-state index >= 15 is 0 Å². The molecule has 0 amide bonds. The fraction of sp³-hybridized carbons (Fsp3) is 0.417. The molecule has 3 nitrogen and oxygen atoms in total. The SMILES string of the molecule is Cc1sc(C2(CN)CC2)nc1-c1cc[nH]c1. The van der Waals surface area contributed by atoms with Crippen molar-refractivity contribution in [3.8, 4) is 11.3 Å². The molecule has 84 valence electrons. The lowest BCUT2D eigenvalue weighted by Gasteiger charge is -2.06. The molecular formula is C12H15N3S. The summed E-state index contributed by atoms with van der Waals surface area (Å²) in [5.41, 5.74) is 8.34. The zero-order valence-electron chi connectivity index (χ0n) is 9.29. The standard InChI is InChI=1S/C12H15N3S/c1-8-10(9-2-5-14-6-9)15-11(16-8)12(7-13)3-4-12/h2,5-6,14H,3-4,7,13H2,1H3. The van der Waals surface area contributed by atoms with Crippen molar-refractivity contribution in [3.05, 3.63) is 28.3 Å². The third-order valence-electron chi connectivity index (χ3n) is 3.37. The number of hydrogen-bond donors (Lipinski definition) is 2. The Hall–Kier alpha value is -1.13. The van der Waals surface area contributed by atoms with Gasteiger partial charge in [0, 0.05) is 34.8 Å². The van der Waals surface area contributed by atoms with Crippen LogP contribution < -0.4 is 5.73 Å². The Bertz CT molecular complexity index is 494. The van der Waals surface area contributed by atoms with Gasteiger partial charge in [-0.2, -0.15) is 0 Å². The van der Waals surface area contributed by atoms with Gasteiger partial charge < -0.3 is 10.7 Å². The Kier molecular flexibility index (Phi) is 2.16. The van der Waals surface area contributed by atoms with E-state index in [1.807, 2.05) is 12.4 Å². The molecule has 4 heteroatoms. The first kappa shape index (κ1) is 10.1. The van der Waals surface area contributed by atoms with E-state index in [1.54, 1.807) is 11.3 Å². The van der Waals surface area contributed by atoms with Crippen molar-refractivity contribution in [1.82, 2.24) is 9.97 Å². The summed E-state index contributed by atoms with van der Waals surface area (Å²) < 4.78 is 0. The van der Waals surface area contributed by atoms with Crippen molar-refractivity contribution in [2.45, 2.75) is 25.2 Å². The summed E-state index contributed by atoms with van der Waals surface area (Å²) in [4.78, 5) is 9.14. The van der Waals surface area contributed by atoms with Gasteiger partial charge in [0.1, 0.15) is 5.01 Å². The predicted molar refractivity (Wildman–Crippen MR) is 66.6 cm³/mol. The van der Waals surface area contributed by atoms with Crippen LogP contribution in [-0.2, 0) is 5.41 Å². The minimum Gasteiger partial charge on any atom is -0.367 e. The van der Waals surface area contributed by atoms with Gasteiger partial charge in [-0.25, -0.2) is 4.98 Å². The summed E-state index contributed by atoms with van der Waals surface area (Å²) in [5.74, 6) is 0. The minimum absolute atomic E-state index is 0.212. The Balaban J connectivity index is 2.03. The number of aromatic amines is 1. The molecule has 0 radical (unpaired) electrons. The molecule has 2 heterocycles. The van der Waals surface area contributed by atoms with Crippen LogP contribution in [0.15, 0.2) is 18.5 Å². The van der Waals surface area contributed by atoms with Crippen LogP contribution in [0.3, 0.4) is 0 Å². The molecule has 2 aromatic rings. The summed E-state index contributed by atoms with van der Waals surface area (Å²) in [6.45, 7) is 2.86. The summed E-state index contributed by atoms with van der Waals surface area (Å²) in [5, 5.41) is 1.23. The van der Waals surface area contributed by atoms with Crippen LogP contribution >= 0.6 is 11.3 Å². The van der Waals surface area contributed by atoms with Crippen molar-refractivity contribution < 1.29 is 0 Å². The Labute approximate surface area is 98.7 Å². The highest BCUT2D eigenvalue weighted by Crippen LogP contribution is 2.49. The minimum atomic E-state index is 0.212. The van der Waals surface area contributed by atoms with Crippen LogP contribution in [0, 0.1) is 6.92 Å². The van der Waals surface area contributed by atoms with E-state index in [9.17, 15) is 0 Å². The molecular weight excluding hydrogens is 218 g/mol. The maximum absolute atomic E-state index is 5.84. The summed E-state index contributed by atoms with van der Waals surface area (Å²) in [6, 6.07) is 2.06. The van der Waals surface area contributed by atoms with E-state index in [0.717, 1.165) is 12.2 Å². The highest BCUT2D eigenvalue weighted by Gasteiger charge is 2.45. The molecule has 1 aliphatic rings. The molecule has 0 aromatic carbocycles. The van der Waals surface area contributed by atoms with E-state index in [-0.39, 0.29) is 5.41 Å². The first-order valence-corrected chi connectivity index (χ1v) is 6.38. The molecule has 0 aliphatic heterocycles. The summed E-state index contributed by atoms with van der Waals surface area (Å²) in [7, 11) is 0. The van der Waals surface area contributed by atoms with Crippen LogP contribution in [0.1, 0.15) is 22.7 Å². The summed E-state index contributed by atoms with van der Waals surface area (Å²) in [6.07, 6.45) is 6.32. The van der Waals surface area contributed by atoms with Crippen molar-refractivity contribution >= 4 is 11.3 Å². The van der Waals surface area contributed by atoms with E-state index < -0.39 is 0 Å². The molecule has 0 saturated heterocycles. The van der Waals surface area contributed by atoms with E-state index in [0.29, 0.717) is 0 Å². The molecule has 3 N–H and O–H groups in total. The van der Waals surface area contributed by atoms with Gasteiger partial charge in [0.25, 0.3) is 0 Å².